The summed E-state index contributed by atoms with van der Waals surface area (Å²) in [6.07, 6.45) is 0. The Bertz CT molecular complexity index is 646. The molecule has 0 saturated heterocycles. The molecule has 1 N–H and O–H groups in total. The van der Waals surface area contributed by atoms with Crippen LogP contribution in [0.1, 0.15) is 22.7 Å². The zero-order chi connectivity index (χ0) is 14.9. The van der Waals surface area contributed by atoms with Gasteiger partial charge in [0.2, 0.25) is 0 Å². The fraction of sp³-hybridized carbons (Fsp3) is 0.200. The molecule has 0 radical (unpaired) electrons. The molecule has 0 fully saturated rings. The molecule has 2 aromatic carbocycles. The van der Waals surface area contributed by atoms with E-state index in [1.807, 2.05) is 18.2 Å². The normalized spacial score (nSPS) is 12.5. The summed E-state index contributed by atoms with van der Waals surface area (Å²) in [7, 11) is 1.73. The molecule has 0 aliphatic rings. The minimum absolute atomic E-state index is 0.310. The van der Waals surface area contributed by atoms with Crippen LogP contribution >= 0.6 is 38.5 Å². The average molecular weight is 452 g/mol. The summed E-state index contributed by atoms with van der Waals surface area (Å²) in [5.41, 5.74) is 1.53. The van der Waals surface area contributed by atoms with Crippen molar-refractivity contribution in [2.75, 3.05) is 7.05 Å². The van der Waals surface area contributed by atoms with Gasteiger partial charge >= 0.3 is 0 Å². The summed E-state index contributed by atoms with van der Waals surface area (Å²) in [5.74, 6) is -0.800. The quantitative estimate of drug-likeness (QED) is 0.651. The third-order valence-corrected chi connectivity index (χ3v) is 4.62. The second-order valence-corrected chi connectivity index (χ2v) is 6.59. The lowest BCUT2D eigenvalue weighted by Crippen LogP contribution is -2.20. The van der Waals surface area contributed by atoms with E-state index in [4.69, 9.17) is 0 Å². The van der Waals surface area contributed by atoms with E-state index in [9.17, 15) is 8.78 Å². The molecule has 0 aliphatic carbocycles. The van der Waals surface area contributed by atoms with E-state index in [0.717, 1.165) is 13.6 Å². The number of rotatable bonds is 3. The number of halogens is 4. The van der Waals surface area contributed by atoms with Gasteiger partial charge in [-0.15, -0.1) is 0 Å². The van der Waals surface area contributed by atoms with Crippen LogP contribution in [-0.2, 0) is 0 Å². The summed E-state index contributed by atoms with van der Waals surface area (Å²) in [5, 5.41) is 3.06. The Balaban J connectivity index is 2.58. The first-order valence-corrected chi connectivity index (χ1v) is 7.89. The maximum Gasteiger partial charge on any atom is 0.128 e. The van der Waals surface area contributed by atoms with Crippen LogP contribution in [0.4, 0.5) is 8.78 Å². The lowest BCUT2D eigenvalue weighted by Gasteiger charge is -2.20. The van der Waals surface area contributed by atoms with Gasteiger partial charge in [0.05, 0.1) is 6.04 Å². The van der Waals surface area contributed by atoms with Crippen molar-refractivity contribution in [1.82, 2.24) is 5.32 Å². The van der Waals surface area contributed by atoms with E-state index in [1.54, 1.807) is 14.0 Å². The minimum Gasteiger partial charge on any atom is -0.309 e. The van der Waals surface area contributed by atoms with Crippen LogP contribution in [0.2, 0.25) is 0 Å². The van der Waals surface area contributed by atoms with Crippen LogP contribution in [0, 0.1) is 22.1 Å². The molecule has 0 aromatic heterocycles. The lowest BCUT2D eigenvalue weighted by molar-refractivity contribution is 0.553. The molecule has 0 amide bonds. The van der Waals surface area contributed by atoms with E-state index in [1.165, 1.54) is 12.1 Å². The van der Waals surface area contributed by atoms with Gasteiger partial charge in [0, 0.05) is 13.6 Å². The number of benzene rings is 2. The average Bonchev–Trinajstić information content (AvgIpc) is 2.40. The molecule has 2 rings (SSSR count). The van der Waals surface area contributed by atoms with E-state index < -0.39 is 17.7 Å². The fourth-order valence-corrected chi connectivity index (χ4v) is 3.12. The smallest absolute Gasteiger partial charge is 0.128 e. The third kappa shape index (κ3) is 3.20. The van der Waals surface area contributed by atoms with Crippen molar-refractivity contribution in [3.05, 3.63) is 66.7 Å². The molecule has 0 bridgehead atoms. The van der Waals surface area contributed by atoms with Gasteiger partial charge in [0.1, 0.15) is 11.6 Å². The molecule has 106 valence electrons. The summed E-state index contributed by atoms with van der Waals surface area (Å²) in [6, 6.07) is 7.88. The Morgan fingerprint density at radius 2 is 1.80 bits per heavy atom. The highest BCUT2D eigenvalue weighted by Crippen LogP contribution is 2.31. The van der Waals surface area contributed by atoms with Gasteiger partial charge in [-0.3, -0.25) is 0 Å². The standard InChI is InChI=1S/C15H13BrF2IN/c1-8-5-13(18)10(7-12(8)17)15(20-2)11-6-9(16)3-4-14(11)19/h3-7,15,20H,1-2H3. The summed E-state index contributed by atoms with van der Waals surface area (Å²) in [6.45, 7) is 1.55. The van der Waals surface area contributed by atoms with E-state index in [0.29, 0.717) is 11.1 Å². The van der Waals surface area contributed by atoms with Gasteiger partial charge in [0.15, 0.2) is 0 Å². The van der Waals surface area contributed by atoms with Gasteiger partial charge in [0.25, 0.3) is 0 Å². The molecule has 0 heterocycles. The molecule has 1 atom stereocenters. The second-order valence-electron chi connectivity index (χ2n) is 4.51. The van der Waals surface area contributed by atoms with E-state index in [-0.39, 0.29) is 0 Å². The molecule has 2 aromatic rings. The van der Waals surface area contributed by atoms with Crippen molar-refractivity contribution in [3.8, 4) is 0 Å². The number of aryl methyl sites for hydroxylation is 1. The van der Waals surface area contributed by atoms with Gasteiger partial charge in [-0.1, -0.05) is 15.9 Å². The van der Waals surface area contributed by atoms with Crippen molar-refractivity contribution in [1.29, 1.82) is 0 Å². The lowest BCUT2D eigenvalue weighted by atomic mass is 9.97. The Hall–Kier alpha value is -0.530. The molecule has 0 aliphatic heterocycles. The maximum atomic E-state index is 14.2. The zero-order valence-corrected chi connectivity index (χ0v) is 14.7. The predicted molar refractivity (Wildman–Crippen MR) is 88.9 cm³/mol. The van der Waals surface area contributed by atoms with E-state index in [2.05, 4.69) is 43.8 Å². The number of hydrogen-bond donors (Lipinski definition) is 1. The first-order valence-electron chi connectivity index (χ1n) is 6.01. The van der Waals surface area contributed by atoms with Crippen LogP contribution in [0.25, 0.3) is 0 Å². The summed E-state index contributed by atoms with van der Waals surface area (Å²) < 4.78 is 29.8. The molecule has 0 spiro atoms. The first kappa shape index (κ1) is 15.9. The highest BCUT2D eigenvalue weighted by atomic mass is 127. The Morgan fingerprint density at radius 1 is 1.10 bits per heavy atom. The zero-order valence-electron chi connectivity index (χ0n) is 11.0. The van der Waals surface area contributed by atoms with Crippen molar-refractivity contribution in [2.45, 2.75) is 13.0 Å². The summed E-state index contributed by atoms with van der Waals surface area (Å²) in [4.78, 5) is 0. The molecule has 0 saturated carbocycles. The minimum atomic E-state index is -0.404. The largest absolute Gasteiger partial charge is 0.309 e. The van der Waals surface area contributed by atoms with Crippen LogP contribution < -0.4 is 5.32 Å². The fourth-order valence-electron chi connectivity index (χ4n) is 2.10. The maximum absolute atomic E-state index is 14.2. The molecular formula is C15H13BrF2IN. The molecule has 20 heavy (non-hydrogen) atoms. The van der Waals surface area contributed by atoms with Gasteiger partial charge in [-0.2, -0.15) is 0 Å². The Kier molecular flexibility index (Phi) is 5.14. The van der Waals surface area contributed by atoms with Gasteiger partial charge in [-0.25, -0.2) is 8.78 Å². The number of hydrogen-bond acceptors (Lipinski definition) is 1. The highest BCUT2D eigenvalue weighted by Gasteiger charge is 2.20. The van der Waals surface area contributed by atoms with Gasteiger partial charge < -0.3 is 5.32 Å². The van der Waals surface area contributed by atoms with Crippen molar-refractivity contribution in [2.24, 2.45) is 0 Å². The van der Waals surface area contributed by atoms with Crippen LogP contribution in [0.3, 0.4) is 0 Å². The van der Waals surface area contributed by atoms with Gasteiger partial charge in [-0.05, 0) is 78.0 Å². The van der Waals surface area contributed by atoms with Crippen molar-refractivity contribution in [3.63, 3.8) is 0 Å². The molecule has 1 unspecified atom stereocenters. The van der Waals surface area contributed by atoms with Crippen LogP contribution in [-0.4, -0.2) is 7.05 Å². The van der Waals surface area contributed by atoms with E-state index >= 15 is 0 Å². The SMILES string of the molecule is CNC(c1cc(F)c(C)cc1F)c1cc(Br)ccc1I. The third-order valence-electron chi connectivity index (χ3n) is 3.15. The van der Waals surface area contributed by atoms with Crippen molar-refractivity contribution >= 4 is 38.5 Å². The molecule has 1 nitrogen and oxygen atoms in total. The first-order chi connectivity index (χ1) is 9.43. The summed E-state index contributed by atoms with van der Waals surface area (Å²) >= 11 is 5.60. The number of nitrogens with one attached hydrogen (secondary N) is 1. The predicted octanol–water partition coefficient (Wildman–Crippen LogP) is 4.95. The topological polar surface area (TPSA) is 12.0 Å². The molecule has 5 heteroatoms. The Labute approximate surface area is 139 Å². The highest BCUT2D eigenvalue weighted by molar-refractivity contribution is 14.1. The van der Waals surface area contributed by atoms with Crippen LogP contribution in [0.5, 0.6) is 0 Å². The van der Waals surface area contributed by atoms with Crippen LogP contribution in [0.15, 0.2) is 34.8 Å². The molecular weight excluding hydrogens is 439 g/mol. The monoisotopic (exact) mass is 451 g/mol. The Morgan fingerprint density at radius 3 is 2.45 bits per heavy atom. The second kappa shape index (κ2) is 6.49. The van der Waals surface area contributed by atoms with Crippen molar-refractivity contribution < 1.29 is 8.78 Å².